The zero-order valence-electron chi connectivity index (χ0n) is 12.7. The highest BCUT2D eigenvalue weighted by Gasteiger charge is 2.20. The summed E-state index contributed by atoms with van der Waals surface area (Å²) in [7, 11) is 0. The summed E-state index contributed by atoms with van der Waals surface area (Å²) in [5.41, 5.74) is 6.64. The van der Waals surface area contributed by atoms with Gasteiger partial charge in [0.05, 0.1) is 19.3 Å². The summed E-state index contributed by atoms with van der Waals surface area (Å²) < 4.78 is 11.0. The van der Waals surface area contributed by atoms with Crippen molar-refractivity contribution in [3.05, 3.63) is 24.3 Å². The van der Waals surface area contributed by atoms with Crippen LogP contribution in [0.1, 0.15) is 26.7 Å². The first kappa shape index (κ1) is 15.8. The molecule has 1 amide bonds. The maximum Gasteiger partial charge on any atom is 0.241 e. The Morgan fingerprint density at radius 2 is 2.19 bits per heavy atom. The van der Waals surface area contributed by atoms with E-state index in [0.29, 0.717) is 6.61 Å². The molecule has 1 aliphatic rings. The van der Waals surface area contributed by atoms with Crippen molar-refractivity contribution < 1.29 is 14.3 Å². The number of benzene rings is 1. The first-order chi connectivity index (χ1) is 10.1. The van der Waals surface area contributed by atoms with E-state index in [9.17, 15) is 4.79 Å². The third kappa shape index (κ3) is 4.44. The second-order valence-corrected chi connectivity index (χ2v) is 5.53. The van der Waals surface area contributed by atoms with Crippen LogP contribution in [0.5, 0.6) is 5.75 Å². The number of carbonyl (C=O) groups is 1. The van der Waals surface area contributed by atoms with Gasteiger partial charge in [0.1, 0.15) is 11.9 Å². The van der Waals surface area contributed by atoms with E-state index in [1.807, 2.05) is 38.1 Å². The Balaban J connectivity index is 1.88. The zero-order valence-corrected chi connectivity index (χ0v) is 12.7. The molecule has 0 aromatic heterocycles. The highest BCUT2D eigenvalue weighted by molar-refractivity contribution is 5.94. The molecule has 0 spiro atoms. The van der Waals surface area contributed by atoms with Crippen LogP contribution in [0.25, 0.3) is 0 Å². The lowest BCUT2D eigenvalue weighted by atomic mass is 9.99. The molecule has 1 saturated heterocycles. The van der Waals surface area contributed by atoms with Gasteiger partial charge < -0.3 is 20.5 Å². The van der Waals surface area contributed by atoms with Crippen molar-refractivity contribution in [2.45, 2.75) is 38.8 Å². The van der Waals surface area contributed by atoms with Gasteiger partial charge in [-0.2, -0.15) is 0 Å². The van der Waals surface area contributed by atoms with Gasteiger partial charge in [-0.05, 0) is 30.2 Å². The Morgan fingerprint density at radius 1 is 1.48 bits per heavy atom. The van der Waals surface area contributed by atoms with Crippen molar-refractivity contribution in [1.29, 1.82) is 0 Å². The lowest BCUT2D eigenvalue weighted by Gasteiger charge is -2.18. The molecule has 21 heavy (non-hydrogen) atoms. The van der Waals surface area contributed by atoms with Crippen LogP contribution >= 0.6 is 0 Å². The standard InChI is InChI=1S/C16H24N2O3/c1-3-11(2)15(17)16(19)18-12-4-6-13(7-5-12)21-14-8-9-20-10-14/h4-7,11,14-15H,3,8-10,17H2,1-2H3,(H,18,19). The molecule has 2 rings (SSSR count). The fourth-order valence-corrected chi connectivity index (χ4v) is 2.15. The van der Waals surface area contributed by atoms with Crippen molar-refractivity contribution in [2.75, 3.05) is 18.5 Å². The lowest BCUT2D eigenvalue weighted by molar-refractivity contribution is -0.118. The van der Waals surface area contributed by atoms with Crippen molar-refractivity contribution >= 4 is 11.6 Å². The number of rotatable bonds is 6. The molecular formula is C16H24N2O3. The van der Waals surface area contributed by atoms with Crippen molar-refractivity contribution in [1.82, 2.24) is 0 Å². The van der Waals surface area contributed by atoms with Crippen LogP contribution in [-0.4, -0.2) is 31.3 Å². The summed E-state index contributed by atoms with van der Waals surface area (Å²) in [6.45, 7) is 5.40. The molecule has 1 fully saturated rings. The average molecular weight is 292 g/mol. The van der Waals surface area contributed by atoms with E-state index >= 15 is 0 Å². The molecule has 0 bridgehead atoms. The number of ether oxygens (including phenoxy) is 2. The first-order valence-corrected chi connectivity index (χ1v) is 7.51. The summed E-state index contributed by atoms with van der Waals surface area (Å²) in [4.78, 5) is 12.0. The molecule has 0 radical (unpaired) electrons. The molecule has 0 saturated carbocycles. The van der Waals surface area contributed by atoms with E-state index in [-0.39, 0.29) is 17.9 Å². The van der Waals surface area contributed by atoms with Crippen LogP contribution < -0.4 is 15.8 Å². The van der Waals surface area contributed by atoms with Crippen molar-refractivity contribution in [3.63, 3.8) is 0 Å². The number of hydrogen-bond donors (Lipinski definition) is 2. The maximum atomic E-state index is 12.0. The zero-order chi connectivity index (χ0) is 15.2. The molecule has 1 aromatic rings. The summed E-state index contributed by atoms with van der Waals surface area (Å²) in [6, 6.07) is 6.87. The third-order valence-corrected chi connectivity index (χ3v) is 3.87. The highest BCUT2D eigenvalue weighted by Crippen LogP contribution is 2.20. The minimum Gasteiger partial charge on any atom is -0.488 e. The minimum atomic E-state index is -0.485. The monoisotopic (exact) mass is 292 g/mol. The highest BCUT2D eigenvalue weighted by atomic mass is 16.5. The van der Waals surface area contributed by atoms with Crippen LogP contribution in [0.2, 0.25) is 0 Å². The Bertz CT molecular complexity index is 455. The summed E-state index contributed by atoms with van der Waals surface area (Å²) in [5, 5.41) is 2.83. The van der Waals surface area contributed by atoms with Gasteiger partial charge in [0.15, 0.2) is 0 Å². The van der Waals surface area contributed by atoms with E-state index in [1.165, 1.54) is 0 Å². The van der Waals surface area contributed by atoms with Gasteiger partial charge >= 0.3 is 0 Å². The van der Waals surface area contributed by atoms with Gasteiger partial charge in [0, 0.05) is 12.1 Å². The summed E-state index contributed by atoms with van der Waals surface area (Å²) in [6.07, 6.45) is 1.93. The predicted octanol–water partition coefficient (Wildman–Crippen LogP) is 2.17. The fraction of sp³-hybridized carbons (Fsp3) is 0.562. The van der Waals surface area contributed by atoms with Crippen LogP contribution in [0, 0.1) is 5.92 Å². The molecule has 0 aliphatic carbocycles. The molecule has 3 atom stereocenters. The topological polar surface area (TPSA) is 73.6 Å². The average Bonchev–Trinajstić information content (AvgIpc) is 3.00. The summed E-state index contributed by atoms with van der Waals surface area (Å²) >= 11 is 0. The summed E-state index contributed by atoms with van der Waals surface area (Å²) in [5.74, 6) is 0.798. The first-order valence-electron chi connectivity index (χ1n) is 7.51. The number of amides is 1. The predicted molar refractivity (Wildman–Crippen MR) is 82.4 cm³/mol. The van der Waals surface area contributed by atoms with Crippen LogP contribution in [0.15, 0.2) is 24.3 Å². The molecule has 3 unspecified atom stereocenters. The Morgan fingerprint density at radius 3 is 2.76 bits per heavy atom. The molecular weight excluding hydrogens is 268 g/mol. The maximum absolute atomic E-state index is 12.0. The van der Waals surface area contributed by atoms with E-state index in [1.54, 1.807) is 0 Å². The van der Waals surface area contributed by atoms with Crippen molar-refractivity contribution in [2.24, 2.45) is 11.7 Å². The van der Waals surface area contributed by atoms with Gasteiger partial charge in [-0.3, -0.25) is 4.79 Å². The number of carbonyl (C=O) groups excluding carboxylic acids is 1. The Labute approximate surface area is 125 Å². The van der Waals surface area contributed by atoms with Gasteiger partial charge in [0.2, 0.25) is 5.91 Å². The molecule has 1 aliphatic heterocycles. The largest absolute Gasteiger partial charge is 0.488 e. The Kier molecular flexibility index (Phi) is 5.59. The van der Waals surface area contributed by atoms with Crippen LogP contribution in [-0.2, 0) is 9.53 Å². The second kappa shape index (κ2) is 7.43. The smallest absolute Gasteiger partial charge is 0.241 e. The van der Waals surface area contributed by atoms with Crippen LogP contribution in [0.4, 0.5) is 5.69 Å². The molecule has 1 aromatic carbocycles. The fourth-order valence-electron chi connectivity index (χ4n) is 2.15. The lowest BCUT2D eigenvalue weighted by Crippen LogP contribution is -2.40. The minimum absolute atomic E-state index is 0.129. The van der Waals surface area contributed by atoms with Crippen molar-refractivity contribution in [3.8, 4) is 5.75 Å². The van der Waals surface area contributed by atoms with Gasteiger partial charge in [0.25, 0.3) is 0 Å². The number of nitrogens with one attached hydrogen (secondary N) is 1. The third-order valence-electron chi connectivity index (χ3n) is 3.87. The molecule has 1 heterocycles. The SMILES string of the molecule is CCC(C)C(N)C(=O)Nc1ccc(OC2CCOC2)cc1. The normalized spacial score (nSPS) is 20.8. The molecule has 5 nitrogen and oxygen atoms in total. The molecule has 3 N–H and O–H groups in total. The number of nitrogens with two attached hydrogens (primary N) is 1. The van der Waals surface area contributed by atoms with Gasteiger partial charge in [-0.25, -0.2) is 0 Å². The molecule has 5 heteroatoms. The van der Waals surface area contributed by atoms with Gasteiger partial charge in [-0.15, -0.1) is 0 Å². The number of anilines is 1. The van der Waals surface area contributed by atoms with E-state index in [0.717, 1.165) is 30.9 Å². The van der Waals surface area contributed by atoms with E-state index < -0.39 is 6.04 Å². The quantitative estimate of drug-likeness (QED) is 0.842. The van der Waals surface area contributed by atoms with E-state index in [2.05, 4.69) is 5.32 Å². The second-order valence-electron chi connectivity index (χ2n) is 5.53. The van der Waals surface area contributed by atoms with Gasteiger partial charge in [-0.1, -0.05) is 20.3 Å². The Hall–Kier alpha value is -1.59. The number of hydrogen-bond acceptors (Lipinski definition) is 4. The van der Waals surface area contributed by atoms with Crippen LogP contribution in [0.3, 0.4) is 0 Å². The molecule has 116 valence electrons. The van der Waals surface area contributed by atoms with E-state index in [4.69, 9.17) is 15.2 Å².